The Morgan fingerprint density at radius 1 is 1.00 bits per heavy atom. The highest BCUT2D eigenvalue weighted by atomic mass is 16.5. The summed E-state index contributed by atoms with van der Waals surface area (Å²) in [5.41, 5.74) is 2.95. The van der Waals surface area contributed by atoms with Gasteiger partial charge >= 0.3 is 11.9 Å². The Morgan fingerprint density at radius 2 is 1.43 bits per heavy atom. The molecule has 0 aliphatic heterocycles. The second-order valence-corrected chi connectivity index (χ2v) is 5.60. The van der Waals surface area contributed by atoms with Crippen molar-refractivity contribution < 1.29 is 29.3 Å². The number of aliphatic hydroxyl groups excluding tert-OH is 2. The van der Waals surface area contributed by atoms with Crippen molar-refractivity contribution in [2.45, 2.75) is 27.7 Å². The van der Waals surface area contributed by atoms with Crippen LogP contribution in [0.25, 0.3) is 0 Å². The summed E-state index contributed by atoms with van der Waals surface area (Å²) in [7, 11) is 2.61. The van der Waals surface area contributed by atoms with Crippen molar-refractivity contribution in [3.05, 3.63) is 34.4 Å². The summed E-state index contributed by atoms with van der Waals surface area (Å²) in [6, 6.07) is 3.71. The minimum absolute atomic E-state index is 0.272. The quantitative estimate of drug-likeness (QED) is 0.816. The average molecular weight is 326 g/mol. The van der Waals surface area contributed by atoms with Gasteiger partial charge in [0, 0.05) is 0 Å². The molecular formula is C17H26O6. The molecular weight excluding hydrogens is 300 g/mol. The van der Waals surface area contributed by atoms with Gasteiger partial charge in [-0.2, -0.15) is 0 Å². The van der Waals surface area contributed by atoms with Crippen LogP contribution in [-0.4, -0.2) is 49.6 Å². The molecule has 0 aliphatic rings. The van der Waals surface area contributed by atoms with E-state index in [0.29, 0.717) is 5.56 Å². The highest BCUT2D eigenvalue weighted by Gasteiger charge is 2.32. The third kappa shape index (κ3) is 5.65. The van der Waals surface area contributed by atoms with E-state index in [1.807, 2.05) is 32.9 Å². The maximum absolute atomic E-state index is 11.2. The van der Waals surface area contributed by atoms with Gasteiger partial charge in [0.25, 0.3) is 0 Å². The van der Waals surface area contributed by atoms with Gasteiger partial charge in [-0.15, -0.1) is 0 Å². The monoisotopic (exact) mass is 326 g/mol. The normalized spacial score (nSPS) is 10.4. The molecule has 6 nitrogen and oxygen atoms in total. The molecule has 0 atom stereocenters. The second-order valence-electron chi connectivity index (χ2n) is 5.60. The third-order valence-corrected chi connectivity index (χ3v) is 3.72. The summed E-state index contributed by atoms with van der Waals surface area (Å²) in [5.74, 6) is -0.872. The molecule has 0 amide bonds. The number of hydrogen-bond donors (Lipinski definition) is 2. The number of aliphatic hydroxyl groups is 2. The van der Waals surface area contributed by atoms with Gasteiger partial charge < -0.3 is 19.7 Å². The predicted molar refractivity (Wildman–Crippen MR) is 86.3 cm³/mol. The molecule has 0 bridgehead atoms. The number of carbonyl (C=O) groups is 2. The van der Waals surface area contributed by atoms with Gasteiger partial charge in [0.05, 0.1) is 33.0 Å². The lowest BCUT2D eigenvalue weighted by Gasteiger charge is -2.20. The van der Waals surface area contributed by atoms with Crippen LogP contribution in [0.15, 0.2) is 12.1 Å². The molecule has 0 spiro atoms. The number of methoxy groups -OCH3 is 2. The Morgan fingerprint density at radius 3 is 1.70 bits per heavy atom. The van der Waals surface area contributed by atoms with Gasteiger partial charge in [-0.3, -0.25) is 4.79 Å². The van der Waals surface area contributed by atoms with E-state index in [0.717, 1.165) is 11.1 Å². The zero-order valence-electron chi connectivity index (χ0n) is 14.6. The van der Waals surface area contributed by atoms with Crippen LogP contribution in [0.2, 0.25) is 0 Å². The summed E-state index contributed by atoms with van der Waals surface area (Å²) in [6.07, 6.45) is 0. The smallest absolute Gasteiger partial charge is 0.337 e. The number of esters is 2. The highest BCUT2D eigenvalue weighted by molar-refractivity contribution is 5.89. The second kappa shape index (κ2) is 9.27. The van der Waals surface area contributed by atoms with Crippen molar-refractivity contribution in [2.75, 3.05) is 27.4 Å². The van der Waals surface area contributed by atoms with Crippen LogP contribution in [0.5, 0.6) is 0 Å². The van der Waals surface area contributed by atoms with E-state index >= 15 is 0 Å². The maximum Gasteiger partial charge on any atom is 0.337 e. The summed E-state index contributed by atoms with van der Waals surface area (Å²) in [5, 5.41) is 17.3. The lowest BCUT2D eigenvalue weighted by Crippen LogP contribution is -2.36. The Labute approximate surface area is 137 Å². The number of hydrogen-bond acceptors (Lipinski definition) is 6. The molecule has 1 rings (SSSR count). The Kier molecular flexibility index (Phi) is 8.50. The molecule has 0 fully saturated rings. The van der Waals surface area contributed by atoms with Crippen LogP contribution in [-0.2, 0) is 14.3 Å². The van der Waals surface area contributed by atoms with E-state index in [1.54, 1.807) is 0 Å². The Hall–Kier alpha value is -1.92. The van der Waals surface area contributed by atoms with Crippen LogP contribution in [0, 0.1) is 26.2 Å². The molecule has 130 valence electrons. The van der Waals surface area contributed by atoms with E-state index in [-0.39, 0.29) is 5.97 Å². The number of ether oxygens (including phenoxy) is 2. The van der Waals surface area contributed by atoms with Crippen LogP contribution < -0.4 is 0 Å². The highest BCUT2D eigenvalue weighted by Crippen LogP contribution is 2.16. The molecule has 1 aromatic carbocycles. The van der Waals surface area contributed by atoms with Crippen molar-refractivity contribution >= 4 is 11.9 Å². The third-order valence-electron chi connectivity index (χ3n) is 3.72. The van der Waals surface area contributed by atoms with Crippen molar-refractivity contribution in [2.24, 2.45) is 5.41 Å². The molecule has 0 aliphatic carbocycles. The minimum atomic E-state index is -1.16. The van der Waals surface area contributed by atoms with Crippen molar-refractivity contribution in [3.8, 4) is 0 Å². The van der Waals surface area contributed by atoms with Gasteiger partial charge in [-0.1, -0.05) is 0 Å². The topological polar surface area (TPSA) is 93.1 Å². The van der Waals surface area contributed by atoms with Gasteiger partial charge in [-0.05, 0) is 56.5 Å². The van der Waals surface area contributed by atoms with Gasteiger partial charge in [0.1, 0.15) is 5.41 Å². The molecule has 0 heterocycles. The van der Waals surface area contributed by atoms with E-state index < -0.39 is 24.6 Å². The first-order valence-corrected chi connectivity index (χ1v) is 7.13. The van der Waals surface area contributed by atoms with Crippen molar-refractivity contribution in [3.63, 3.8) is 0 Å². The lowest BCUT2D eigenvalue weighted by atomic mass is 9.93. The van der Waals surface area contributed by atoms with Crippen LogP contribution >= 0.6 is 0 Å². The fourth-order valence-corrected chi connectivity index (χ4v) is 1.70. The number of benzene rings is 1. The standard InChI is InChI=1S/C11H14O2.C6H12O4/c1-7-5-10(11(12)13-4)6-8(2)9(7)3;1-6(3-7,4-8)5(9)10-2/h5-6H,1-4H3;7-8H,3-4H2,1-2H3. The zero-order chi connectivity index (χ0) is 18.2. The van der Waals surface area contributed by atoms with Crippen LogP contribution in [0.4, 0.5) is 0 Å². The maximum atomic E-state index is 11.2. The van der Waals surface area contributed by atoms with Crippen molar-refractivity contribution in [1.29, 1.82) is 0 Å². The SMILES string of the molecule is COC(=O)C(C)(CO)CO.COC(=O)c1cc(C)c(C)c(C)c1. The van der Waals surface area contributed by atoms with Gasteiger partial charge in [0.15, 0.2) is 0 Å². The largest absolute Gasteiger partial charge is 0.468 e. The fraction of sp³-hybridized carbons (Fsp3) is 0.529. The molecule has 0 saturated heterocycles. The van der Waals surface area contributed by atoms with E-state index in [9.17, 15) is 9.59 Å². The summed E-state index contributed by atoms with van der Waals surface area (Å²) < 4.78 is 8.99. The first kappa shape index (κ1) is 21.1. The first-order chi connectivity index (χ1) is 10.7. The summed E-state index contributed by atoms with van der Waals surface area (Å²) in [6.45, 7) is 6.65. The molecule has 23 heavy (non-hydrogen) atoms. The Bertz CT molecular complexity index is 523. The molecule has 0 unspecified atom stereocenters. The van der Waals surface area contributed by atoms with Gasteiger partial charge in [0.2, 0.25) is 0 Å². The molecule has 2 N–H and O–H groups in total. The number of aryl methyl sites for hydroxylation is 2. The summed E-state index contributed by atoms with van der Waals surface area (Å²) in [4.78, 5) is 22.0. The van der Waals surface area contributed by atoms with E-state index in [4.69, 9.17) is 10.2 Å². The van der Waals surface area contributed by atoms with E-state index in [2.05, 4.69) is 9.47 Å². The average Bonchev–Trinajstić information content (AvgIpc) is 2.57. The minimum Gasteiger partial charge on any atom is -0.468 e. The van der Waals surface area contributed by atoms with E-state index in [1.165, 1.54) is 26.7 Å². The molecule has 0 aromatic heterocycles. The van der Waals surface area contributed by atoms with Crippen LogP contribution in [0.1, 0.15) is 34.0 Å². The number of rotatable bonds is 4. The lowest BCUT2D eigenvalue weighted by molar-refractivity contribution is -0.156. The molecule has 0 saturated carbocycles. The molecule has 0 radical (unpaired) electrons. The molecule has 6 heteroatoms. The van der Waals surface area contributed by atoms with Crippen molar-refractivity contribution in [1.82, 2.24) is 0 Å². The first-order valence-electron chi connectivity index (χ1n) is 7.13. The summed E-state index contributed by atoms with van der Waals surface area (Å²) >= 11 is 0. The Balaban J connectivity index is 0.000000438. The molecule has 1 aromatic rings. The predicted octanol–water partition coefficient (Wildman–Crippen LogP) is 1.55. The number of carbonyl (C=O) groups excluding carboxylic acids is 2. The van der Waals surface area contributed by atoms with Gasteiger partial charge in [-0.25, -0.2) is 4.79 Å². The van der Waals surface area contributed by atoms with Crippen LogP contribution in [0.3, 0.4) is 0 Å². The zero-order valence-corrected chi connectivity index (χ0v) is 14.6. The fourth-order valence-electron chi connectivity index (χ4n) is 1.70.